The van der Waals surface area contributed by atoms with Gasteiger partial charge in [-0.3, -0.25) is 4.79 Å². The van der Waals surface area contributed by atoms with Crippen LogP contribution in [0.2, 0.25) is 0 Å². The Kier molecular flexibility index (Phi) is 3.50. The van der Waals surface area contributed by atoms with Crippen molar-refractivity contribution in [2.75, 3.05) is 13.1 Å². The normalized spacial score (nSPS) is 23.3. The molecule has 1 aliphatic heterocycles. The molecule has 3 N–H and O–H groups in total. The van der Waals surface area contributed by atoms with Crippen molar-refractivity contribution in [3.05, 3.63) is 0 Å². The van der Waals surface area contributed by atoms with Gasteiger partial charge in [-0.2, -0.15) is 0 Å². The number of rotatable bonds is 2. The van der Waals surface area contributed by atoms with Crippen LogP contribution in [0.4, 0.5) is 0 Å². The fourth-order valence-corrected chi connectivity index (χ4v) is 1.58. The van der Waals surface area contributed by atoms with Gasteiger partial charge in [0.15, 0.2) is 0 Å². The quantitative estimate of drug-likeness (QED) is 0.664. The summed E-state index contributed by atoms with van der Waals surface area (Å²) in [5, 5.41) is 9.30. The molecule has 1 atom stereocenters. The fourth-order valence-electron chi connectivity index (χ4n) is 1.58. The highest BCUT2D eigenvalue weighted by Gasteiger charge is 2.32. The Hall–Kier alpha value is -0.610. The molecule has 4 nitrogen and oxygen atoms in total. The van der Waals surface area contributed by atoms with Gasteiger partial charge in [0.05, 0.1) is 11.6 Å². The number of piperidine rings is 1. The van der Waals surface area contributed by atoms with Crippen LogP contribution < -0.4 is 5.73 Å². The zero-order chi connectivity index (χ0) is 10.8. The summed E-state index contributed by atoms with van der Waals surface area (Å²) in [6.07, 6.45) is 1.74. The zero-order valence-electron chi connectivity index (χ0n) is 8.99. The molecule has 1 heterocycles. The predicted molar refractivity (Wildman–Crippen MR) is 54.7 cm³/mol. The van der Waals surface area contributed by atoms with E-state index < -0.39 is 5.54 Å². The summed E-state index contributed by atoms with van der Waals surface area (Å²) in [5.41, 5.74) is 5.12. The number of aliphatic hydroxyl groups excluding tert-OH is 1. The van der Waals surface area contributed by atoms with Gasteiger partial charge < -0.3 is 15.7 Å². The van der Waals surface area contributed by atoms with E-state index in [1.807, 2.05) is 6.92 Å². The van der Waals surface area contributed by atoms with Crippen molar-refractivity contribution in [3.63, 3.8) is 0 Å². The Labute approximate surface area is 85.1 Å². The molecule has 1 unspecified atom stereocenters. The van der Waals surface area contributed by atoms with Gasteiger partial charge >= 0.3 is 0 Å². The van der Waals surface area contributed by atoms with Crippen LogP contribution in [-0.4, -0.2) is 40.6 Å². The molecular weight excluding hydrogens is 180 g/mol. The number of carbonyl (C=O) groups is 1. The molecule has 0 radical (unpaired) electrons. The Balaban J connectivity index is 2.54. The minimum atomic E-state index is -0.748. The van der Waals surface area contributed by atoms with Gasteiger partial charge in [-0.05, 0) is 26.2 Å². The van der Waals surface area contributed by atoms with Crippen molar-refractivity contribution in [1.82, 2.24) is 4.90 Å². The summed E-state index contributed by atoms with van der Waals surface area (Å²) in [7, 11) is 0. The number of hydrogen-bond acceptors (Lipinski definition) is 3. The molecule has 4 heteroatoms. The van der Waals surface area contributed by atoms with Gasteiger partial charge in [0.1, 0.15) is 0 Å². The predicted octanol–water partition coefficient (Wildman–Crippen LogP) is 0.0971. The van der Waals surface area contributed by atoms with Crippen LogP contribution >= 0.6 is 0 Å². The monoisotopic (exact) mass is 200 g/mol. The van der Waals surface area contributed by atoms with Gasteiger partial charge in [0, 0.05) is 13.1 Å². The highest BCUT2D eigenvalue weighted by atomic mass is 16.3. The standard InChI is InChI=1S/C10H20N2O2/c1-3-10(2,11)9(14)12-6-4-8(13)5-7-12/h8,13H,3-7,11H2,1-2H3. The minimum Gasteiger partial charge on any atom is -0.393 e. The van der Waals surface area contributed by atoms with Crippen molar-refractivity contribution in [1.29, 1.82) is 0 Å². The topological polar surface area (TPSA) is 66.6 Å². The van der Waals surface area contributed by atoms with Gasteiger partial charge in [-0.15, -0.1) is 0 Å². The minimum absolute atomic E-state index is 0.00639. The van der Waals surface area contributed by atoms with Crippen molar-refractivity contribution >= 4 is 5.91 Å². The molecule has 0 saturated carbocycles. The average Bonchev–Trinajstić information content (AvgIpc) is 2.18. The third-order valence-electron chi connectivity index (χ3n) is 2.97. The van der Waals surface area contributed by atoms with Crippen LogP contribution in [0, 0.1) is 0 Å². The SMILES string of the molecule is CCC(C)(N)C(=O)N1CCC(O)CC1. The third kappa shape index (κ3) is 2.45. The Morgan fingerprint density at radius 1 is 1.57 bits per heavy atom. The second-order valence-corrected chi connectivity index (χ2v) is 4.29. The molecular formula is C10H20N2O2. The first-order chi connectivity index (χ1) is 6.47. The molecule has 0 bridgehead atoms. The second kappa shape index (κ2) is 4.28. The highest BCUT2D eigenvalue weighted by Crippen LogP contribution is 2.15. The highest BCUT2D eigenvalue weighted by molar-refractivity contribution is 5.85. The molecule has 0 aromatic heterocycles. The molecule has 0 aromatic rings. The van der Waals surface area contributed by atoms with Gasteiger partial charge in [0.2, 0.25) is 5.91 Å². The van der Waals surface area contributed by atoms with Crippen LogP contribution in [0.1, 0.15) is 33.1 Å². The lowest BCUT2D eigenvalue weighted by molar-refractivity contribution is -0.138. The maximum atomic E-state index is 11.9. The Morgan fingerprint density at radius 3 is 2.50 bits per heavy atom. The Bertz CT molecular complexity index is 208. The number of nitrogens with two attached hydrogens (primary N) is 1. The fraction of sp³-hybridized carbons (Fsp3) is 0.900. The van der Waals surface area contributed by atoms with E-state index in [4.69, 9.17) is 5.73 Å². The lowest BCUT2D eigenvalue weighted by Crippen LogP contribution is -2.55. The van der Waals surface area contributed by atoms with Crippen LogP contribution in [-0.2, 0) is 4.79 Å². The van der Waals surface area contributed by atoms with Crippen molar-refractivity contribution in [3.8, 4) is 0 Å². The maximum Gasteiger partial charge on any atom is 0.242 e. The van der Waals surface area contributed by atoms with Crippen LogP contribution in [0.5, 0.6) is 0 Å². The number of amides is 1. The first kappa shape index (κ1) is 11.5. The van der Waals surface area contributed by atoms with Gasteiger partial charge in [-0.25, -0.2) is 0 Å². The number of carbonyl (C=O) groups excluding carboxylic acids is 1. The number of nitrogens with zero attached hydrogens (tertiary/aromatic N) is 1. The summed E-state index contributed by atoms with van der Waals surface area (Å²) < 4.78 is 0. The molecule has 1 aliphatic rings. The van der Waals surface area contributed by atoms with E-state index in [2.05, 4.69) is 0 Å². The summed E-state index contributed by atoms with van der Waals surface area (Å²) in [6.45, 7) is 4.94. The maximum absolute atomic E-state index is 11.9. The molecule has 1 saturated heterocycles. The van der Waals surface area contributed by atoms with Crippen molar-refractivity contribution in [2.45, 2.75) is 44.8 Å². The van der Waals surface area contributed by atoms with Gasteiger partial charge in [0.25, 0.3) is 0 Å². The summed E-state index contributed by atoms with van der Waals surface area (Å²) in [4.78, 5) is 13.6. The third-order valence-corrected chi connectivity index (χ3v) is 2.97. The van der Waals surface area contributed by atoms with E-state index in [0.717, 1.165) is 0 Å². The molecule has 0 aliphatic carbocycles. The zero-order valence-corrected chi connectivity index (χ0v) is 8.99. The summed E-state index contributed by atoms with van der Waals surface area (Å²) in [6, 6.07) is 0. The van der Waals surface area contributed by atoms with Crippen molar-refractivity contribution in [2.24, 2.45) is 5.73 Å². The molecule has 14 heavy (non-hydrogen) atoms. The van der Waals surface area contributed by atoms with E-state index in [0.29, 0.717) is 32.4 Å². The second-order valence-electron chi connectivity index (χ2n) is 4.29. The van der Waals surface area contributed by atoms with Crippen LogP contribution in [0.25, 0.3) is 0 Å². The summed E-state index contributed by atoms with van der Waals surface area (Å²) >= 11 is 0. The molecule has 0 aromatic carbocycles. The number of likely N-dealkylation sites (tertiary alicyclic amines) is 1. The molecule has 1 rings (SSSR count). The van der Waals surface area contributed by atoms with Crippen LogP contribution in [0.3, 0.4) is 0 Å². The van der Waals surface area contributed by atoms with E-state index in [9.17, 15) is 9.90 Å². The molecule has 0 spiro atoms. The lowest BCUT2D eigenvalue weighted by atomic mass is 9.96. The lowest BCUT2D eigenvalue weighted by Gasteiger charge is -2.35. The van der Waals surface area contributed by atoms with Gasteiger partial charge in [-0.1, -0.05) is 6.92 Å². The average molecular weight is 200 g/mol. The first-order valence-electron chi connectivity index (χ1n) is 5.23. The number of aliphatic hydroxyl groups is 1. The van der Waals surface area contributed by atoms with E-state index >= 15 is 0 Å². The Morgan fingerprint density at radius 2 is 2.07 bits per heavy atom. The largest absolute Gasteiger partial charge is 0.393 e. The molecule has 1 amide bonds. The summed E-state index contributed by atoms with van der Waals surface area (Å²) in [5.74, 6) is 0.00639. The van der Waals surface area contributed by atoms with Crippen LogP contribution in [0.15, 0.2) is 0 Å². The van der Waals surface area contributed by atoms with E-state index in [1.165, 1.54) is 0 Å². The first-order valence-corrected chi connectivity index (χ1v) is 5.23. The number of hydrogen-bond donors (Lipinski definition) is 2. The van der Waals surface area contributed by atoms with E-state index in [-0.39, 0.29) is 12.0 Å². The smallest absolute Gasteiger partial charge is 0.242 e. The van der Waals surface area contributed by atoms with E-state index in [1.54, 1.807) is 11.8 Å². The van der Waals surface area contributed by atoms with Crippen molar-refractivity contribution < 1.29 is 9.90 Å². The molecule has 82 valence electrons. The molecule has 1 fully saturated rings.